The van der Waals surface area contributed by atoms with Crippen LogP contribution in [0.5, 0.6) is 0 Å². The minimum absolute atomic E-state index is 0.0152. The lowest BCUT2D eigenvalue weighted by Crippen LogP contribution is -2.18. The molecule has 0 atom stereocenters. The molecular weight excluding hydrogens is 248 g/mol. The molecule has 1 fully saturated rings. The van der Waals surface area contributed by atoms with Gasteiger partial charge in [-0.05, 0) is 25.8 Å². The number of carboxylic acids is 1. The normalized spacial score (nSPS) is 16.9. The second-order valence-corrected chi connectivity index (χ2v) is 4.63. The summed E-state index contributed by atoms with van der Waals surface area (Å²) in [6, 6.07) is 1.60. The number of hydrogen-bond donors (Lipinski definition) is 1. The summed E-state index contributed by atoms with van der Waals surface area (Å²) < 4.78 is 6.99. The number of hydrogen-bond acceptors (Lipinski definition) is 5. The van der Waals surface area contributed by atoms with Crippen LogP contribution in [0, 0.1) is 6.92 Å². The van der Waals surface area contributed by atoms with Crippen LogP contribution in [-0.4, -0.2) is 43.9 Å². The lowest BCUT2D eigenvalue weighted by Gasteiger charge is -2.22. The smallest absolute Gasteiger partial charge is 0.354 e. The molecular formula is C12H14N4O3. The average Bonchev–Trinajstić information content (AvgIpc) is 2.78. The van der Waals surface area contributed by atoms with Gasteiger partial charge in [0.25, 0.3) is 5.78 Å². The van der Waals surface area contributed by atoms with E-state index in [0.29, 0.717) is 24.8 Å². The second-order valence-electron chi connectivity index (χ2n) is 4.63. The molecule has 100 valence electrons. The van der Waals surface area contributed by atoms with Crippen LogP contribution in [0.25, 0.3) is 5.78 Å². The first-order valence-corrected chi connectivity index (χ1v) is 6.20. The van der Waals surface area contributed by atoms with Gasteiger partial charge in [0, 0.05) is 19.1 Å². The molecule has 0 amide bonds. The molecule has 19 heavy (non-hydrogen) atoms. The van der Waals surface area contributed by atoms with Crippen molar-refractivity contribution in [2.75, 3.05) is 13.2 Å². The molecule has 3 rings (SSSR count). The van der Waals surface area contributed by atoms with Crippen molar-refractivity contribution in [2.24, 2.45) is 0 Å². The standard InChI is InChI=1S/C12H14N4O3/c1-7-13-12-14-9(11(17)18)6-10(16(12)15-7)8-2-4-19-5-3-8/h6,8H,2-5H2,1H3,(H,17,18). The Labute approximate surface area is 109 Å². The van der Waals surface area contributed by atoms with Crippen molar-refractivity contribution in [1.29, 1.82) is 0 Å². The Hall–Kier alpha value is -2.02. The van der Waals surface area contributed by atoms with Gasteiger partial charge < -0.3 is 9.84 Å². The zero-order valence-corrected chi connectivity index (χ0v) is 10.5. The summed E-state index contributed by atoms with van der Waals surface area (Å²) in [7, 11) is 0. The number of carbonyl (C=O) groups is 1. The molecule has 1 saturated heterocycles. The van der Waals surface area contributed by atoms with Gasteiger partial charge in [0.2, 0.25) is 0 Å². The third kappa shape index (κ3) is 2.17. The summed E-state index contributed by atoms with van der Waals surface area (Å²) in [6.07, 6.45) is 1.72. The van der Waals surface area contributed by atoms with E-state index in [9.17, 15) is 4.79 Å². The Morgan fingerprint density at radius 1 is 1.42 bits per heavy atom. The average molecular weight is 262 g/mol. The van der Waals surface area contributed by atoms with Crippen molar-refractivity contribution in [2.45, 2.75) is 25.7 Å². The lowest BCUT2D eigenvalue weighted by atomic mass is 9.96. The van der Waals surface area contributed by atoms with Crippen molar-refractivity contribution in [3.05, 3.63) is 23.3 Å². The number of carboxylic acid groups (broad SMARTS) is 1. The van der Waals surface area contributed by atoms with E-state index in [0.717, 1.165) is 18.5 Å². The maximum absolute atomic E-state index is 11.1. The van der Waals surface area contributed by atoms with Gasteiger partial charge in [-0.25, -0.2) is 14.3 Å². The third-order valence-electron chi connectivity index (χ3n) is 3.30. The first-order chi connectivity index (χ1) is 9.15. The van der Waals surface area contributed by atoms with Crippen molar-refractivity contribution in [3.63, 3.8) is 0 Å². The number of rotatable bonds is 2. The van der Waals surface area contributed by atoms with Gasteiger partial charge in [-0.15, -0.1) is 0 Å². The highest BCUT2D eigenvalue weighted by atomic mass is 16.5. The van der Waals surface area contributed by atoms with Crippen LogP contribution in [0.15, 0.2) is 6.07 Å². The van der Waals surface area contributed by atoms with E-state index in [4.69, 9.17) is 9.84 Å². The lowest BCUT2D eigenvalue weighted by molar-refractivity contribution is 0.0689. The highest BCUT2D eigenvalue weighted by Gasteiger charge is 2.22. The molecule has 0 bridgehead atoms. The monoisotopic (exact) mass is 262 g/mol. The van der Waals surface area contributed by atoms with Crippen LogP contribution < -0.4 is 0 Å². The van der Waals surface area contributed by atoms with Crippen LogP contribution >= 0.6 is 0 Å². The van der Waals surface area contributed by atoms with Gasteiger partial charge in [-0.3, -0.25) is 0 Å². The molecule has 1 N–H and O–H groups in total. The Morgan fingerprint density at radius 2 is 2.16 bits per heavy atom. The zero-order valence-electron chi connectivity index (χ0n) is 10.5. The molecule has 0 saturated carbocycles. The van der Waals surface area contributed by atoms with E-state index in [-0.39, 0.29) is 11.6 Å². The van der Waals surface area contributed by atoms with Crippen molar-refractivity contribution in [1.82, 2.24) is 19.6 Å². The molecule has 3 heterocycles. The number of fused-ring (bicyclic) bond motifs is 1. The van der Waals surface area contributed by atoms with Gasteiger partial charge >= 0.3 is 5.97 Å². The van der Waals surface area contributed by atoms with E-state index in [2.05, 4.69) is 15.1 Å². The summed E-state index contributed by atoms with van der Waals surface area (Å²) in [5.41, 5.74) is 0.868. The molecule has 0 aromatic carbocycles. The Kier molecular flexibility index (Phi) is 2.90. The predicted octanol–water partition coefficient (Wildman–Crippen LogP) is 1.02. The summed E-state index contributed by atoms with van der Waals surface area (Å²) in [5.74, 6) is 0.122. The minimum atomic E-state index is -1.04. The second kappa shape index (κ2) is 4.58. The molecule has 7 nitrogen and oxygen atoms in total. The topological polar surface area (TPSA) is 89.6 Å². The van der Waals surface area contributed by atoms with Gasteiger partial charge in [-0.1, -0.05) is 0 Å². The fourth-order valence-corrected chi connectivity index (χ4v) is 2.38. The zero-order chi connectivity index (χ0) is 13.4. The number of aromatic nitrogens is 4. The molecule has 0 unspecified atom stereocenters. The van der Waals surface area contributed by atoms with Crippen LogP contribution in [0.2, 0.25) is 0 Å². The summed E-state index contributed by atoms with van der Waals surface area (Å²) >= 11 is 0. The Morgan fingerprint density at radius 3 is 2.84 bits per heavy atom. The largest absolute Gasteiger partial charge is 0.477 e. The molecule has 2 aromatic rings. The molecule has 0 spiro atoms. The van der Waals surface area contributed by atoms with Crippen LogP contribution in [-0.2, 0) is 4.74 Å². The van der Waals surface area contributed by atoms with Crippen molar-refractivity contribution in [3.8, 4) is 0 Å². The number of ether oxygens (including phenoxy) is 1. The van der Waals surface area contributed by atoms with Crippen molar-refractivity contribution < 1.29 is 14.6 Å². The van der Waals surface area contributed by atoms with Crippen molar-refractivity contribution >= 4 is 11.7 Å². The highest BCUT2D eigenvalue weighted by Crippen LogP contribution is 2.27. The molecule has 2 aromatic heterocycles. The van der Waals surface area contributed by atoms with E-state index in [1.807, 2.05) is 0 Å². The molecule has 1 aliphatic rings. The predicted molar refractivity (Wildman–Crippen MR) is 65.3 cm³/mol. The fraction of sp³-hybridized carbons (Fsp3) is 0.500. The Bertz CT molecular complexity index is 631. The summed E-state index contributed by atoms with van der Waals surface area (Å²) in [5, 5.41) is 13.4. The maximum atomic E-state index is 11.1. The fourth-order valence-electron chi connectivity index (χ4n) is 2.38. The number of aromatic carboxylic acids is 1. The first kappa shape index (κ1) is 12.0. The molecule has 0 aliphatic carbocycles. The van der Waals surface area contributed by atoms with E-state index in [1.165, 1.54) is 0 Å². The van der Waals surface area contributed by atoms with E-state index < -0.39 is 5.97 Å². The summed E-state index contributed by atoms with van der Waals surface area (Å²) in [4.78, 5) is 19.3. The molecule has 7 heteroatoms. The van der Waals surface area contributed by atoms with E-state index in [1.54, 1.807) is 17.5 Å². The number of nitrogens with zero attached hydrogens (tertiary/aromatic N) is 4. The van der Waals surface area contributed by atoms with E-state index >= 15 is 0 Å². The highest BCUT2D eigenvalue weighted by molar-refractivity contribution is 5.85. The van der Waals surface area contributed by atoms with Crippen LogP contribution in [0.3, 0.4) is 0 Å². The van der Waals surface area contributed by atoms with Crippen LogP contribution in [0.1, 0.15) is 40.8 Å². The first-order valence-electron chi connectivity index (χ1n) is 6.20. The van der Waals surface area contributed by atoms with Gasteiger partial charge in [0.05, 0.1) is 5.69 Å². The summed E-state index contributed by atoms with van der Waals surface area (Å²) in [6.45, 7) is 3.14. The Balaban J connectivity index is 2.16. The van der Waals surface area contributed by atoms with Gasteiger partial charge in [0.15, 0.2) is 5.69 Å². The third-order valence-corrected chi connectivity index (χ3v) is 3.30. The van der Waals surface area contributed by atoms with Crippen LogP contribution in [0.4, 0.5) is 0 Å². The molecule has 1 aliphatic heterocycles. The maximum Gasteiger partial charge on any atom is 0.354 e. The van der Waals surface area contributed by atoms with Gasteiger partial charge in [-0.2, -0.15) is 10.1 Å². The van der Waals surface area contributed by atoms with Gasteiger partial charge in [0.1, 0.15) is 5.82 Å². The minimum Gasteiger partial charge on any atom is -0.477 e. The quantitative estimate of drug-likeness (QED) is 0.869. The number of aryl methyl sites for hydroxylation is 1. The SMILES string of the molecule is Cc1nc2nc(C(=O)O)cc(C3CCOCC3)n2n1. The molecule has 0 radical (unpaired) electrons.